The normalized spacial score (nSPS) is 25.5. The van der Waals surface area contributed by atoms with Gasteiger partial charge in [-0.3, -0.25) is 4.79 Å². The summed E-state index contributed by atoms with van der Waals surface area (Å²) in [5.41, 5.74) is 2.60. The molecule has 26 heavy (non-hydrogen) atoms. The van der Waals surface area contributed by atoms with E-state index in [0.29, 0.717) is 18.7 Å². The first kappa shape index (κ1) is 17.3. The summed E-state index contributed by atoms with van der Waals surface area (Å²) in [5, 5.41) is 18.9. The van der Waals surface area contributed by atoms with Gasteiger partial charge in [-0.1, -0.05) is 0 Å². The second-order valence-corrected chi connectivity index (χ2v) is 7.86. The molecule has 6 heteroatoms. The molecule has 138 valence electrons. The van der Waals surface area contributed by atoms with Crippen LogP contribution in [0, 0.1) is 16.7 Å². The highest BCUT2D eigenvalue weighted by Gasteiger charge is 2.48. The van der Waals surface area contributed by atoms with Crippen LogP contribution in [0.5, 0.6) is 0 Å². The topological polar surface area (TPSA) is 80.5 Å². The van der Waals surface area contributed by atoms with Gasteiger partial charge >= 0.3 is 0 Å². The molecule has 3 heterocycles. The molecule has 2 fully saturated rings. The Kier molecular flexibility index (Phi) is 4.58. The lowest BCUT2D eigenvalue weighted by atomic mass is 9.78. The van der Waals surface area contributed by atoms with Gasteiger partial charge < -0.3 is 14.9 Å². The third-order valence-electron chi connectivity index (χ3n) is 6.25. The zero-order valence-electron chi connectivity index (χ0n) is 15.2. The Morgan fingerprint density at radius 3 is 2.88 bits per heavy atom. The molecule has 2 aliphatic heterocycles. The van der Waals surface area contributed by atoms with Crippen LogP contribution in [-0.4, -0.2) is 53.7 Å². The molecule has 1 atom stereocenters. The van der Waals surface area contributed by atoms with Crippen molar-refractivity contribution < 1.29 is 9.90 Å². The van der Waals surface area contributed by atoms with Crippen LogP contribution in [0.3, 0.4) is 0 Å². The van der Waals surface area contributed by atoms with Gasteiger partial charge in [-0.25, -0.2) is 4.98 Å². The number of aromatic nitrogens is 1. The smallest absolute Gasteiger partial charge is 0.230 e. The molecule has 1 aromatic rings. The summed E-state index contributed by atoms with van der Waals surface area (Å²) in [6, 6.07) is 4.34. The van der Waals surface area contributed by atoms with Crippen molar-refractivity contribution >= 4 is 11.7 Å². The summed E-state index contributed by atoms with van der Waals surface area (Å²) in [7, 11) is 0. The Morgan fingerprint density at radius 2 is 2.08 bits per heavy atom. The quantitative estimate of drug-likeness (QED) is 0.893. The molecule has 1 aliphatic carbocycles. The Balaban J connectivity index is 1.61. The number of nitriles is 1. The largest absolute Gasteiger partial charge is 0.395 e. The van der Waals surface area contributed by atoms with Crippen LogP contribution in [0.25, 0.3) is 0 Å². The monoisotopic (exact) mass is 354 g/mol. The molecule has 1 spiro atoms. The van der Waals surface area contributed by atoms with E-state index in [1.54, 1.807) is 4.90 Å². The highest BCUT2D eigenvalue weighted by atomic mass is 16.3. The van der Waals surface area contributed by atoms with Crippen LogP contribution in [-0.2, 0) is 17.6 Å². The highest BCUT2D eigenvalue weighted by Crippen LogP contribution is 2.42. The van der Waals surface area contributed by atoms with Crippen molar-refractivity contribution in [3.63, 3.8) is 0 Å². The molecule has 0 saturated carbocycles. The Bertz CT molecular complexity index is 755. The number of pyridine rings is 1. The molecule has 1 amide bonds. The number of rotatable bonds is 3. The van der Waals surface area contributed by atoms with Gasteiger partial charge in [0.05, 0.1) is 17.6 Å². The SMILES string of the molecule is N#Cc1cc2c(nc1N1CC[C@@]3(CCCN(CCO)C3=O)C1)CCCC2. The summed E-state index contributed by atoms with van der Waals surface area (Å²) in [6.07, 6.45) is 6.98. The zero-order chi connectivity index (χ0) is 18.1. The molecule has 0 aromatic carbocycles. The molecule has 3 aliphatic rings. The highest BCUT2D eigenvalue weighted by molar-refractivity contribution is 5.85. The molecule has 0 radical (unpaired) electrons. The number of likely N-dealkylation sites (tertiary alicyclic amines) is 1. The van der Waals surface area contributed by atoms with E-state index in [2.05, 4.69) is 11.0 Å². The fraction of sp³-hybridized carbons (Fsp3) is 0.650. The van der Waals surface area contributed by atoms with Crippen LogP contribution >= 0.6 is 0 Å². The minimum absolute atomic E-state index is 0.0104. The Morgan fingerprint density at radius 1 is 1.23 bits per heavy atom. The predicted octanol–water partition coefficient (Wildman–Crippen LogP) is 1.64. The fourth-order valence-electron chi connectivity index (χ4n) is 4.86. The Labute approximate surface area is 154 Å². The minimum atomic E-state index is -0.377. The van der Waals surface area contributed by atoms with Crippen molar-refractivity contribution in [2.45, 2.75) is 44.9 Å². The van der Waals surface area contributed by atoms with Crippen molar-refractivity contribution in [1.82, 2.24) is 9.88 Å². The van der Waals surface area contributed by atoms with Gasteiger partial charge in [0.1, 0.15) is 11.9 Å². The van der Waals surface area contributed by atoms with Crippen LogP contribution in [0.4, 0.5) is 5.82 Å². The van der Waals surface area contributed by atoms with Crippen LogP contribution in [0.2, 0.25) is 0 Å². The third-order valence-corrected chi connectivity index (χ3v) is 6.25. The number of β-amino-alcohol motifs (C(OH)–C–C–N with tert-alkyl or cyclic N) is 1. The standard InChI is InChI=1S/C20H26N4O2/c21-13-16-12-15-4-1-2-5-17(15)22-18(16)24-9-7-20(14-24)6-3-8-23(10-11-25)19(20)26/h12,25H,1-11,14H2/t20-/m0/s1. The van der Waals surface area contributed by atoms with Crippen LogP contribution < -0.4 is 4.90 Å². The molecule has 2 saturated heterocycles. The van der Waals surface area contributed by atoms with E-state index in [1.807, 2.05) is 6.07 Å². The number of fused-ring (bicyclic) bond motifs is 1. The number of anilines is 1. The van der Waals surface area contributed by atoms with E-state index >= 15 is 0 Å². The average molecular weight is 354 g/mol. The lowest BCUT2D eigenvalue weighted by molar-refractivity contribution is -0.145. The molecular weight excluding hydrogens is 328 g/mol. The van der Waals surface area contributed by atoms with Crippen LogP contribution in [0.1, 0.15) is 48.9 Å². The zero-order valence-corrected chi connectivity index (χ0v) is 15.2. The van der Waals surface area contributed by atoms with Gasteiger partial charge in [0.2, 0.25) is 5.91 Å². The molecule has 6 nitrogen and oxygen atoms in total. The van der Waals surface area contributed by atoms with Gasteiger partial charge in [0.15, 0.2) is 0 Å². The van der Waals surface area contributed by atoms with Crippen LogP contribution in [0.15, 0.2) is 6.07 Å². The summed E-state index contributed by atoms with van der Waals surface area (Å²) in [5.74, 6) is 0.925. The molecule has 1 N–H and O–H groups in total. The molecular formula is C20H26N4O2. The molecule has 0 bridgehead atoms. The number of aliphatic hydroxyl groups excluding tert-OH is 1. The molecule has 1 aromatic heterocycles. The van der Waals surface area contributed by atoms with Gasteiger partial charge in [-0.15, -0.1) is 0 Å². The third kappa shape index (κ3) is 2.84. The lowest BCUT2D eigenvalue weighted by Crippen LogP contribution is -2.50. The Hall–Kier alpha value is -2.13. The van der Waals surface area contributed by atoms with Crippen molar-refractivity contribution in [2.24, 2.45) is 5.41 Å². The van der Waals surface area contributed by atoms with Crippen molar-refractivity contribution in [3.8, 4) is 6.07 Å². The van der Waals surface area contributed by atoms with Crippen molar-refractivity contribution in [1.29, 1.82) is 5.26 Å². The first-order valence-corrected chi connectivity index (χ1v) is 9.75. The van der Waals surface area contributed by atoms with E-state index in [1.165, 1.54) is 12.0 Å². The maximum atomic E-state index is 13.0. The molecule has 0 unspecified atom stereocenters. The van der Waals surface area contributed by atoms with Gasteiger partial charge in [0, 0.05) is 31.9 Å². The second kappa shape index (κ2) is 6.88. The summed E-state index contributed by atoms with van der Waals surface area (Å²) in [6.45, 7) is 2.56. The van der Waals surface area contributed by atoms with E-state index in [-0.39, 0.29) is 17.9 Å². The maximum Gasteiger partial charge on any atom is 0.230 e. The fourth-order valence-corrected chi connectivity index (χ4v) is 4.86. The maximum absolute atomic E-state index is 13.0. The van der Waals surface area contributed by atoms with Crippen molar-refractivity contribution in [2.75, 3.05) is 37.7 Å². The first-order chi connectivity index (χ1) is 12.7. The van der Waals surface area contributed by atoms with E-state index in [4.69, 9.17) is 4.98 Å². The number of carbonyl (C=O) groups excluding carboxylic acids is 1. The molecule has 4 rings (SSSR count). The second-order valence-electron chi connectivity index (χ2n) is 7.86. The minimum Gasteiger partial charge on any atom is -0.395 e. The number of carbonyl (C=O) groups is 1. The van der Waals surface area contributed by atoms with E-state index in [9.17, 15) is 15.2 Å². The number of hydrogen-bond acceptors (Lipinski definition) is 5. The van der Waals surface area contributed by atoms with Crippen molar-refractivity contribution in [3.05, 3.63) is 22.9 Å². The number of aliphatic hydroxyl groups is 1. The summed E-state index contributed by atoms with van der Waals surface area (Å²) in [4.78, 5) is 21.8. The lowest BCUT2D eigenvalue weighted by Gasteiger charge is -2.39. The van der Waals surface area contributed by atoms with E-state index < -0.39 is 0 Å². The van der Waals surface area contributed by atoms with E-state index in [0.717, 1.165) is 63.1 Å². The number of hydrogen-bond donors (Lipinski definition) is 1. The number of nitrogens with zero attached hydrogens (tertiary/aromatic N) is 4. The van der Waals surface area contributed by atoms with Gasteiger partial charge in [-0.2, -0.15) is 5.26 Å². The number of aryl methyl sites for hydroxylation is 2. The summed E-state index contributed by atoms with van der Waals surface area (Å²) >= 11 is 0. The van der Waals surface area contributed by atoms with Gasteiger partial charge in [0.25, 0.3) is 0 Å². The number of piperidine rings is 1. The average Bonchev–Trinajstić information content (AvgIpc) is 3.09. The van der Waals surface area contributed by atoms with Gasteiger partial charge in [-0.05, 0) is 56.6 Å². The first-order valence-electron chi connectivity index (χ1n) is 9.75. The predicted molar refractivity (Wildman–Crippen MR) is 97.8 cm³/mol. The number of amides is 1. The summed E-state index contributed by atoms with van der Waals surface area (Å²) < 4.78 is 0.